The highest BCUT2D eigenvalue weighted by atomic mass is 127. The van der Waals surface area contributed by atoms with Gasteiger partial charge in [0.25, 0.3) is 0 Å². The predicted molar refractivity (Wildman–Crippen MR) is 132 cm³/mol. The zero-order chi connectivity index (χ0) is 20.0. The maximum atomic E-state index is 5.38. The van der Waals surface area contributed by atoms with E-state index < -0.39 is 0 Å². The molecule has 5 nitrogen and oxygen atoms in total. The number of nitrogens with one attached hydrogen (secondary N) is 2. The maximum absolute atomic E-state index is 5.38. The van der Waals surface area contributed by atoms with Crippen LogP contribution < -0.4 is 15.4 Å². The van der Waals surface area contributed by atoms with Crippen LogP contribution in [-0.4, -0.2) is 52.2 Å². The van der Waals surface area contributed by atoms with E-state index in [1.165, 1.54) is 24.0 Å². The van der Waals surface area contributed by atoms with Crippen LogP contribution in [0.5, 0.6) is 5.75 Å². The fourth-order valence-electron chi connectivity index (χ4n) is 3.62. The SMILES string of the molecule is CN=C(NCC(c1cccc(OC)c1)N(C)C)NCC1(c2ccccc2)CC1.I. The van der Waals surface area contributed by atoms with Crippen molar-refractivity contribution >= 4 is 29.9 Å². The van der Waals surface area contributed by atoms with Crippen molar-refractivity contribution in [3.05, 3.63) is 65.7 Å². The number of hydrogen-bond donors (Lipinski definition) is 2. The zero-order valence-electron chi connectivity index (χ0n) is 17.8. The summed E-state index contributed by atoms with van der Waals surface area (Å²) < 4.78 is 5.38. The number of likely N-dealkylation sites (N-methyl/N-ethyl adjacent to an activating group) is 1. The Hall–Kier alpha value is -1.80. The van der Waals surface area contributed by atoms with E-state index in [-0.39, 0.29) is 35.4 Å². The molecule has 1 aliphatic rings. The summed E-state index contributed by atoms with van der Waals surface area (Å²) in [4.78, 5) is 6.63. The van der Waals surface area contributed by atoms with Crippen molar-refractivity contribution in [3.63, 3.8) is 0 Å². The maximum Gasteiger partial charge on any atom is 0.191 e. The van der Waals surface area contributed by atoms with Crippen molar-refractivity contribution in [1.82, 2.24) is 15.5 Å². The molecule has 0 bridgehead atoms. The normalized spacial score (nSPS) is 16.0. The lowest BCUT2D eigenvalue weighted by Gasteiger charge is -2.27. The Labute approximate surface area is 192 Å². The number of aliphatic imine (C=N–C) groups is 1. The highest BCUT2D eigenvalue weighted by Gasteiger charge is 2.44. The minimum atomic E-state index is 0. The molecule has 0 amide bonds. The van der Waals surface area contributed by atoms with E-state index in [1.54, 1.807) is 7.11 Å². The van der Waals surface area contributed by atoms with E-state index in [0.29, 0.717) is 0 Å². The molecule has 6 heteroatoms. The summed E-state index contributed by atoms with van der Waals surface area (Å²) in [5.74, 6) is 1.72. The third kappa shape index (κ3) is 6.09. The van der Waals surface area contributed by atoms with Crippen LogP contribution >= 0.6 is 24.0 Å². The van der Waals surface area contributed by atoms with E-state index in [2.05, 4.69) is 77.1 Å². The molecule has 1 unspecified atom stereocenters. The predicted octanol–water partition coefficient (Wildman–Crippen LogP) is 3.81. The first-order valence-corrected chi connectivity index (χ1v) is 9.88. The third-order valence-corrected chi connectivity index (χ3v) is 5.62. The number of guanidine groups is 1. The molecule has 1 atom stereocenters. The minimum absolute atomic E-state index is 0. The van der Waals surface area contributed by atoms with Gasteiger partial charge < -0.3 is 20.3 Å². The zero-order valence-corrected chi connectivity index (χ0v) is 20.1. The average molecular weight is 508 g/mol. The Morgan fingerprint density at radius 2 is 1.83 bits per heavy atom. The number of rotatable bonds is 8. The van der Waals surface area contributed by atoms with Gasteiger partial charge in [0.1, 0.15) is 5.75 Å². The number of ether oxygens (including phenoxy) is 1. The first-order valence-electron chi connectivity index (χ1n) is 9.88. The van der Waals surface area contributed by atoms with Crippen LogP contribution in [0.1, 0.15) is 30.0 Å². The average Bonchev–Trinajstić information content (AvgIpc) is 3.52. The second-order valence-electron chi connectivity index (χ2n) is 7.71. The van der Waals surface area contributed by atoms with Crippen LogP contribution in [0.4, 0.5) is 0 Å². The molecule has 1 aliphatic carbocycles. The van der Waals surface area contributed by atoms with Crippen LogP contribution in [0.2, 0.25) is 0 Å². The molecule has 0 spiro atoms. The summed E-state index contributed by atoms with van der Waals surface area (Å²) in [6.07, 6.45) is 2.45. The van der Waals surface area contributed by atoms with Gasteiger partial charge in [0.15, 0.2) is 5.96 Å². The fraction of sp³-hybridized carbons (Fsp3) is 0.435. The van der Waals surface area contributed by atoms with Gasteiger partial charge in [-0.3, -0.25) is 4.99 Å². The van der Waals surface area contributed by atoms with Gasteiger partial charge in [-0.15, -0.1) is 24.0 Å². The van der Waals surface area contributed by atoms with Crippen molar-refractivity contribution in [3.8, 4) is 5.75 Å². The number of nitrogens with zero attached hydrogens (tertiary/aromatic N) is 2. The molecular weight excluding hydrogens is 475 g/mol. The molecular formula is C23H33IN4O. The van der Waals surface area contributed by atoms with E-state index in [0.717, 1.165) is 24.8 Å². The summed E-state index contributed by atoms with van der Waals surface area (Å²) in [5, 5.41) is 7.03. The van der Waals surface area contributed by atoms with Crippen molar-refractivity contribution in [2.75, 3.05) is 41.3 Å². The summed E-state index contributed by atoms with van der Waals surface area (Å²) in [7, 11) is 7.72. The van der Waals surface area contributed by atoms with E-state index >= 15 is 0 Å². The largest absolute Gasteiger partial charge is 0.497 e. The molecule has 2 N–H and O–H groups in total. The summed E-state index contributed by atoms with van der Waals surface area (Å²) in [6, 6.07) is 19.3. The number of methoxy groups -OCH3 is 1. The lowest BCUT2D eigenvalue weighted by atomic mass is 9.96. The molecule has 0 heterocycles. The van der Waals surface area contributed by atoms with Gasteiger partial charge in [0.05, 0.1) is 13.2 Å². The van der Waals surface area contributed by atoms with Gasteiger partial charge in [0, 0.05) is 25.6 Å². The van der Waals surface area contributed by atoms with Crippen molar-refractivity contribution in [1.29, 1.82) is 0 Å². The van der Waals surface area contributed by atoms with Crippen LogP contribution in [-0.2, 0) is 5.41 Å². The standard InChI is InChI=1S/C23H32N4O.HI/c1-24-22(26-17-23(13-14-23)19-10-6-5-7-11-19)25-16-21(27(2)3)18-9-8-12-20(15-18)28-4;/h5-12,15,21H,13-14,16-17H2,1-4H3,(H2,24,25,26);1H. The molecule has 2 aromatic rings. The Kier molecular flexibility index (Phi) is 8.77. The van der Waals surface area contributed by atoms with Gasteiger partial charge in [-0.25, -0.2) is 0 Å². The molecule has 0 saturated heterocycles. The Morgan fingerprint density at radius 3 is 2.41 bits per heavy atom. The molecule has 1 fully saturated rings. The number of hydrogen-bond acceptors (Lipinski definition) is 3. The van der Waals surface area contributed by atoms with Crippen LogP contribution in [0, 0.1) is 0 Å². The molecule has 0 aromatic heterocycles. The first kappa shape index (κ1) is 23.5. The second-order valence-corrected chi connectivity index (χ2v) is 7.71. The first-order chi connectivity index (χ1) is 13.6. The van der Waals surface area contributed by atoms with Crippen LogP contribution in [0.15, 0.2) is 59.6 Å². The second kappa shape index (κ2) is 10.8. The Bertz CT molecular complexity index is 790. The molecule has 0 radical (unpaired) electrons. The topological polar surface area (TPSA) is 48.9 Å². The monoisotopic (exact) mass is 508 g/mol. The lowest BCUT2D eigenvalue weighted by molar-refractivity contribution is 0.297. The van der Waals surface area contributed by atoms with E-state index in [1.807, 2.05) is 19.2 Å². The summed E-state index contributed by atoms with van der Waals surface area (Å²) in [5.41, 5.74) is 2.89. The molecule has 0 aliphatic heterocycles. The minimum Gasteiger partial charge on any atom is -0.497 e. The van der Waals surface area contributed by atoms with Gasteiger partial charge in [-0.05, 0) is 50.2 Å². The van der Waals surface area contributed by atoms with Gasteiger partial charge in [-0.2, -0.15) is 0 Å². The smallest absolute Gasteiger partial charge is 0.191 e. The third-order valence-electron chi connectivity index (χ3n) is 5.62. The Balaban J connectivity index is 0.00000300. The summed E-state index contributed by atoms with van der Waals surface area (Å²) in [6.45, 7) is 1.67. The highest BCUT2D eigenvalue weighted by molar-refractivity contribution is 14.0. The quantitative estimate of drug-likeness (QED) is 0.324. The van der Waals surface area contributed by atoms with Gasteiger partial charge >= 0.3 is 0 Å². The Morgan fingerprint density at radius 1 is 1.10 bits per heavy atom. The highest BCUT2D eigenvalue weighted by Crippen LogP contribution is 2.47. The van der Waals surface area contributed by atoms with Crippen LogP contribution in [0.25, 0.3) is 0 Å². The molecule has 29 heavy (non-hydrogen) atoms. The van der Waals surface area contributed by atoms with Gasteiger partial charge in [0.2, 0.25) is 0 Å². The molecule has 2 aromatic carbocycles. The van der Waals surface area contributed by atoms with Crippen molar-refractivity contribution < 1.29 is 4.74 Å². The number of benzene rings is 2. The van der Waals surface area contributed by atoms with E-state index in [9.17, 15) is 0 Å². The van der Waals surface area contributed by atoms with Crippen molar-refractivity contribution in [2.24, 2.45) is 4.99 Å². The lowest BCUT2D eigenvalue weighted by Crippen LogP contribution is -2.44. The van der Waals surface area contributed by atoms with Crippen LogP contribution in [0.3, 0.4) is 0 Å². The van der Waals surface area contributed by atoms with E-state index in [4.69, 9.17) is 4.74 Å². The molecule has 3 rings (SSSR count). The van der Waals surface area contributed by atoms with Crippen molar-refractivity contribution in [2.45, 2.75) is 24.3 Å². The fourth-order valence-corrected chi connectivity index (χ4v) is 3.62. The number of halogens is 1. The van der Waals surface area contributed by atoms with Gasteiger partial charge in [-0.1, -0.05) is 42.5 Å². The molecule has 1 saturated carbocycles. The molecule has 158 valence electrons. The summed E-state index contributed by atoms with van der Waals surface area (Å²) >= 11 is 0.